The number of benzene rings is 1. The number of nitrogens with zero attached hydrogens (tertiary/aromatic N) is 4. The number of phenolic OH excluding ortho intramolecular Hbond substituents is 1. The molecule has 4 rings (SSSR count). The quantitative estimate of drug-likeness (QED) is 0.721. The molecule has 0 unspecified atom stereocenters. The number of phenols is 1. The summed E-state index contributed by atoms with van der Waals surface area (Å²) in [6.07, 6.45) is 1.74. The number of hydrogen-bond acceptors (Lipinski definition) is 5. The fourth-order valence-corrected chi connectivity index (χ4v) is 2.73. The highest BCUT2D eigenvalue weighted by molar-refractivity contribution is 5.68. The summed E-state index contributed by atoms with van der Waals surface area (Å²) in [6, 6.07) is 11.0. The van der Waals surface area contributed by atoms with Crippen LogP contribution >= 0.6 is 0 Å². The first-order chi connectivity index (χ1) is 10.7. The number of aromatic nitrogens is 4. The average molecular weight is 293 g/mol. The monoisotopic (exact) mass is 293 g/mol. The molecule has 6 heteroatoms. The lowest BCUT2D eigenvalue weighted by Gasteiger charge is -2.12. The van der Waals surface area contributed by atoms with Crippen molar-refractivity contribution in [3.63, 3.8) is 0 Å². The van der Waals surface area contributed by atoms with Crippen LogP contribution in [0, 0.1) is 0 Å². The lowest BCUT2D eigenvalue weighted by Crippen LogP contribution is -2.09. The average Bonchev–Trinajstić information content (AvgIpc) is 2.93. The van der Waals surface area contributed by atoms with Gasteiger partial charge in [-0.05, 0) is 24.3 Å². The van der Waals surface area contributed by atoms with E-state index in [9.17, 15) is 5.11 Å². The van der Waals surface area contributed by atoms with Crippen LogP contribution in [0.3, 0.4) is 0 Å². The van der Waals surface area contributed by atoms with Crippen LogP contribution in [0.1, 0.15) is 18.7 Å². The Morgan fingerprint density at radius 2 is 2.14 bits per heavy atom. The van der Waals surface area contributed by atoms with Gasteiger partial charge in [0.1, 0.15) is 17.3 Å². The number of anilines is 1. The number of rotatable bonds is 1. The van der Waals surface area contributed by atoms with Crippen molar-refractivity contribution in [2.24, 2.45) is 0 Å². The summed E-state index contributed by atoms with van der Waals surface area (Å²) in [7, 11) is 0. The van der Waals surface area contributed by atoms with Gasteiger partial charge in [0.15, 0.2) is 5.82 Å². The third kappa shape index (κ3) is 1.92. The molecule has 3 heterocycles. The maximum absolute atomic E-state index is 9.74. The second-order valence-electron chi connectivity index (χ2n) is 5.42. The van der Waals surface area contributed by atoms with E-state index in [1.54, 1.807) is 18.3 Å². The Labute approximate surface area is 127 Å². The van der Waals surface area contributed by atoms with Crippen LogP contribution in [-0.4, -0.2) is 31.4 Å². The number of pyridine rings is 1. The Morgan fingerprint density at radius 3 is 2.95 bits per heavy atom. The Bertz CT molecular complexity index is 828. The molecule has 1 aliphatic heterocycles. The summed E-state index contributed by atoms with van der Waals surface area (Å²) in [4.78, 5) is 4.38. The molecule has 6 nitrogen and oxygen atoms in total. The fourth-order valence-electron chi connectivity index (χ4n) is 2.73. The zero-order valence-corrected chi connectivity index (χ0v) is 12.1. The van der Waals surface area contributed by atoms with E-state index in [4.69, 9.17) is 0 Å². The molecular weight excluding hydrogens is 278 g/mol. The van der Waals surface area contributed by atoms with E-state index in [1.807, 2.05) is 28.8 Å². The highest BCUT2D eigenvalue weighted by Crippen LogP contribution is 2.34. The number of nitrogens with one attached hydrogen (secondary N) is 1. The molecule has 1 aromatic carbocycles. The maximum Gasteiger partial charge on any atom is 0.187 e. The van der Waals surface area contributed by atoms with Gasteiger partial charge in [-0.1, -0.05) is 13.0 Å². The van der Waals surface area contributed by atoms with Crippen LogP contribution in [0.2, 0.25) is 0 Å². The first-order valence-corrected chi connectivity index (χ1v) is 7.18. The molecule has 0 radical (unpaired) electrons. The molecule has 0 spiro atoms. The summed E-state index contributed by atoms with van der Waals surface area (Å²) < 4.78 is 2.02. The molecule has 0 aliphatic carbocycles. The van der Waals surface area contributed by atoms with Gasteiger partial charge in [0.05, 0.1) is 11.4 Å². The molecule has 110 valence electrons. The van der Waals surface area contributed by atoms with Gasteiger partial charge in [0.25, 0.3) is 0 Å². The van der Waals surface area contributed by atoms with E-state index >= 15 is 0 Å². The highest BCUT2D eigenvalue weighted by Gasteiger charge is 2.25. The van der Waals surface area contributed by atoms with Crippen LogP contribution < -0.4 is 5.32 Å². The number of fused-ring (bicyclic) bond motifs is 3. The van der Waals surface area contributed by atoms with E-state index in [1.165, 1.54) is 0 Å². The van der Waals surface area contributed by atoms with Gasteiger partial charge >= 0.3 is 0 Å². The largest absolute Gasteiger partial charge is 0.508 e. The van der Waals surface area contributed by atoms with Gasteiger partial charge in [-0.3, -0.25) is 9.55 Å². The van der Waals surface area contributed by atoms with E-state index in [0.717, 1.165) is 29.4 Å². The van der Waals surface area contributed by atoms with Crippen molar-refractivity contribution >= 4 is 5.69 Å². The zero-order valence-electron chi connectivity index (χ0n) is 12.1. The van der Waals surface area contributed by atoms with Crippen LogP contribution in [0.25, 0.3) is 17.2 Å². The van der Waals surface area contributed by atoms with Crippen LogP contribution in [0.15, 0.2) is 42.6 Å². The summed E-state index contributed by atoms with van der Waals surface area (Å²) >= 11 is 0. The van der Waals surface area contributed by atoms with Crippen LogP contribution in [0.5, 0.6) is 5.75 Å². The maximum atomic E-state index is 9.74. The van der Waals surface area contributed by atoms with Gasteiger partial charge in [-0.25, -0.2) is 0 Å². The molecule has 22 heavy (non-hydrogen) atoms. The van der Waals surface area contributed by atoms with E-state index < -0.39 is 0 Å². The smallest absolute Gasteiger partial charge is 0.187 e. The second kappa shape index (κ2) is 4.84. The van der Waals surface area contributed by atoms with Crippen molar-refractivity contribution in [2.45, 2.75) is 12.8 Å². The molecule has 0 amide bonds. The van der Waals surface area contributed by atoms with Crippen molar-refractivity contribution < 1.29 is 5.11 Å². The summed E-state index contributed by atoms with van der Waals surface area (Å²) in [5.74, 6) is 2.02. The van der Waals surface area contributed by atoms with Gasteiger partial charge in [0.2, 0.25) is 0 Å². The lowest BCUT2D eigenvalue weighted by atomic mass is 10.1. The van der Waals surface area contributed by atoms with Gasteiger partial charge in [-0.15, -0.1) is 10.2 Å². The molecular formula is C16H15N5O. The Hall–Kier alpha value is -2.89. The standard InChI is InChI=1S/C16H15N5O/c1-10-9-18-13-8-11(22)5-6-14(13)21-15(10)19-20-16(21)12-4-2-3-7-17-12/h2-8,10,18,22H,9H2,1H3/t10-/m0/s1. The second-order valence-corrected chi connectivity index (χ2v) is 5.42. The summed E-state index contributed by atoms with van der Waals surface area (Å²) in [5.41, 5.74) is 2.56. The zero-order chi connectivity index (χ0) is 15.1. The van der Waals surface area contributed by atoms with Crippen molar-refractivity contribution in [1.82, 2.24) is 19.7 Å². The number of aromatic hydroxyl groups is 1. The summed E-state index contributed by atoms with van der Waals surface area (Å²) in [6.45, 7) is 2.83. The minimum atomic E-state index is 0.194. The van der Waals surface area contributed by atoms with Crippen molar-refractivity contribution in [3.05, 3.63) is 48.4 Å². The topological polar surface area (TPSA) is 75.9 Å². The molecule has 0 fully saturated rings. The molecule has 3 aromatic rings. The van der Waals surface area contributed by atoms with Crippen molar-refractivity contribution in [2.75, 3.05) is 11.9 Å². The van der Waals surface area contributed by atoms with Crippen LogP contribution in [-0.2, 0) is 0 Å². The molecule has 0 bridgehead atoms. The Kier molecular flexibility index (Phi) is 2.82. The Balaban J connectivity index is 2.00. The highest BCUT2D eigenvalue weighted by atomic mass is 16.3. The van der Waals surface area contributed by atoms with Crippen molar-refractivity contribution in [3.8, 4) is 23.0 Å². The molecule has 2 N–H and O–H groups in total. The van der Waals surface area contributed by atoms with Gasteiger partial charge in [-0.2, -0.15) is 0 Å². The Morgan fingerprint density at radius 1 is 1.23 bits per heavy atom. The van der Waals surface area contributed by atoms with Crippen LogP contribution in [0.4, 0.5) is 5.69 Å². The molecule has 2 aromatic heterocycles. The molecule has 1 atom stereocenters. The first-order valence-electron chi connectivity index (χ1n) is 7.18. The first kappa shape index (κ1) is 12.8. The summed E-state index contributed by atoms with van der Waals surface area (Å²) in [5, 5.41) is 21.8. The third-order valence-electron chi connectivity index (χ3n) is 3.84. The van der Waals surface area contributed by atoms with Crippen molar-refractivity contribution in [1.29, 1.82) is 0 Å². The fraction of sp³-hybridized carbons (Fsp3) is 0.188. The normalized spacial score (nSPS) is 16.3. The predicted octanol–water partition coefficient (Wildman–Crippen LogP) is 2.56. The molecule has 0 saturated carbocycles. The van der Waals surface area contributed by atoms with E-state index in [-0.39, 0.29) is 11.7 Å². The SMILES string of the molecule is C[C@H]1CNc2cc(O)ccc2-n2c(-c3ccccn3)nnc21. The minimum Gasteiger partial charge on any atom is -0.508 e. The molecule has 1 aliphatic rings. The van der Waals surface area contributed by atoms with Gasteiger partial charge in [0, 0.05) is 24.7 Å². The third-order valence-corrected chi connectivity index (χ3v) is 3.84. The van der Waals surface area contributed by atoms with E-state index in [2.05, 4.69) is 27.4 Å². The molecule has 0 saturated heterocycles. The predicted molar refractivity (Wildman–Crippen MR) is 83.2 cm³/mol. The lowest BCUT2D eigenvalue weighted by molar-refractivity contribution is 0.475. The van der Waals surface area contributed by atoms with Gasteiger partial charge < -0.3 is 10.4 Å². The van der Waals surface area contributed by atoms with E-state index in [0.29, 0.717) is 5.82 Å². The minimum absolute atomic E-state index is 0.194. The number of hydrogen-bond donors (Lipinski definition) is 2.